The van der Waals surface area contributed by atoms with E-state index in [-0.39, 0.29) is 11.8 Å². The number of amides is 3. The van der Waals surface area contributed by atoms with Crippen LogP contribution in [-0.4, -0.2) is 41.0 Å². The van der Waals surface area contributed by atoms with Gasteiger partial charge in [-0.3, -0.25) is 9.59 Å². The molecule has 0 radical (unpaired) electrons. The van der Waals surface area contributed by atoms with Crippen molar-refractivity contribution >= 4 is 35.2 Å². The molecule has 2 unspecified atom stereocenters. The summed E-state index contributed by atoms with van der Waals surface area (Å²) in [5.41, 5.74) is 2.22. The van der Waals surface area contributed by atoms with Crippen LogP contribution in [0.3, 0.4) is 0 Å². The zero-order valence-electron chi connectivity index (χ0n) is 24.4. The lowest BCUT2D eigenvalue weighted by Crippen LogP contribution is -2.51. The van der Waals surface area contributed by atoms with Gasteiger partial charge in [-0.05, 0) is 70.7 Å². The molecule has 2 rings (SSSR count). The summed E-state index contributed by atoms with van der Waals surface area (Å²) in [5, 5.41) is 6.05. The molecule has 3 amide bonds. The van der Waals surface area contributed by atoms with Crippen molar-refractivity contribution in [2.24, 2.45) is 0 Å². The molecular formula is C31H44ClN3O4. The Bertz CT molecular complexity index is 1110. The fourth-order valence-electron chi connectivity index (χ4n) is 4.37. The van der Waals surface area contributed by atoms with Gasteiger partial charge in [0.15, 0.2) is 0 Å². The third-order valence-electron chi connectivity index (χ3n) is 6.40. The minimum absolute atomic E-state index is 0.358. The van der Waals surface area contributed by atoms with E-state index in [1.165, 1.54) is 0 Å². The number of carbonyl (C=O) groups is 3. The van der Waals surface area contributed by atoms with Gasteiger partial charge in [-0.25, -0.2) is 4.79 Å². The third kappa shape index (κ3) is 9.88. The second-order valence-corrected chi connectivity index (χ2v) is 11.4. The van der Waals surface area contributed by atoms with Crippen LogP contribution in [0, 0.1) is 13.8 Å². The van der Waals surface area contributed by atoms with Gasteiger partial charge in [0, 0.05) is 6.54 Å². The summed E-state index contributed by atoms with van der Waals surface area (Å²) in [7, 11) is 0. The number of aryl methyl sites for hydroxylation is 2. The van der Waals surface area contributed by atoms with E-state index < -0.39 is 23.8 Å². The van der Waals surface area contributed by atoms with E-state index >= 15 is 0 Å². The molecule has 8 heteroatoms. The van der Waals surface area contributed by atoms with Crippen molar-refractivity contribution in [2.75, 3.05) is 11.9 Å². The molecule has 0 saturated heterocycles. The number of halogens is 1. The lowest BCUT2D eigenvalue weighted by Gasteiger charge is -2.34. The molecule has 0 saturated carbocycles. The minimum Gasteiger partial charge on any atom is -0.444 e. The molecule has 0 aliphatic heterocycles. The van der Waals surface area contributed by atoms with Gasteiger partial charge in [0.25, 0.3) is 5.91 Å². The Balaban J connectivity index is 2.47. The lowest BCUT2D eigenvalue weighted by atomic mass is 9.97. The summed E-state index contributed by atoms with van der Waals surface area (Å²) < 4.78 is 5.37. The predicted molar refractivity (Wildman–Crippen MR) is 158 cm³/mol. The molecule has 2 atom stereocenters. The molecule has 7 nitrogen and oxygen atoms in total. The second-order valence-electron chi connectivity index (χ2n) is 11.0. The monoisotopic (exact) mass is 557 g/mol. The Hall–Kier alpha value is -3.06. The average molecular weight is 558 g/mol. The van der Waals surface area contributed by atoms with Crippen LogP contribution in [0.2, 0.25) is 5.02 Å². The van der Waals surface area contributed by atoms with E-state index in [4.69, 9.17) is 16.3 Å². The number of alkyl carbamates (subject to hydrolysis) is 1. The SMILES string of the molecule is CCCCCCCN(C(=O)C(C)NC(=O)OC(C)(C)C)C(C(=O)Nc1c(C)cccc1Cl)c1ccccc1C. The summed E-state index contributed by atoms with van der Waals surface area (Å²) in [6.45, 7) is 13.2. The van der Waals surface area contributed by atoms with Crippen LogP contribution in [0.15, 0.2) is 42.5 Å². The molecule has 0 aliphatic rings. The molecule has 0 spiro atoms. The summed E-state index contributed by atoms with van der Waals surface area (Å²) in [6, 6.07) is 11.1. The first-order valence-corrected chi connectivity index (χ1v) is 14.1. The maximum Gasteiger partial charge on any atom is 0.408 e. The second kappa shape index (κ2) is 14.9. The van der Waals surface area contributed by atoms with Crippen molar-refractivity contribution in [3.63, 3.8) is 0 Å². The van der Waals surface area contributed by atoms with Gasteiger partial charge < -0.3 is 20.3 Å². The quantitative estimate of drug-likeness (QED) is 0.267. The molecule has 0 aromatic heterocycles. The average Bonchev–Trinajstić information content (AvgIpc) is 2.84. The van der Waals surface area contributed by atoms with E-state index in [9.17, 15) is 14.4 Å². The predicted octanol–water partition coefficient (Wildman–Crippen LogP) is 7.35. The van der Waals surface area contributed by atoms with Crippen molar-refractivity contribution in [1.29, 1.82) is 0 Å². The van der Waals surface area contributed by atoms with Crippen LogP contribution in [-0.2, 0) is 14.3 Å². The molecule has 2 aromatic rings. The standard InChI is InChI=1S/C31H44ClN3O4/c1-8-9-10-11-14-20-35(29(37)23(4)33-30(38)39-31(5,6)7)27(24-18-13-12-16-21(24)2)28(36)34-26-22(3)17-15-19-25(26)32/h12-13,15-19,23,27H,8-11,14,20H2,1-7H3,(H,33,38)(H,34,36). The molecule has 2 N–H and O–H groups in total. The summed E-state index contributed by atoms with van der Waals surface area (Å²) >= 11 is 6.43. The van der Waals surface area contributed by atoms with Crippen molar-refractivity contribution in [2.45, 2.75) is 98.3 Å². The van der Waals surface area contributed by atoms with Crippen LogP contribution in [0.5, 0.6) is 0 Å². The zero-order chi connectivity index (χ0) is 29.2. The minimum atomic E-state index is -0.927. The first kappa shape index (κ1) is 32.2. The van der Waals surface area contributed by atoms with E-state index in [1.807, 2.05) is 50.2 Å². The number of hydrogen-bond acceptors (Lipinski definition) is 4. The first-order valence-electron chi connectivity index (χ1n) is 13.8. The van der Waals surface area contributed by atoms with E-state index in [1.54, 1.807) is 38.7 Å². The molecular weight excluding hydrogens is 514 g/mol. The number of ether oxygens (including phenoxy) is 1. The van der Waals surface area contributed by atoms with Crippen molar-refractivity contribution in [1.82, 2.24) is 10.2 Å². The molecule has 39 heavy (non-hydrogen) atoms. The number of para-hydroxylation sites is 1. The van der Waals surface area contributed by atoms with Gasteiger partial charge in [0.1, 0.15) is 17.7 Å². The highest BCUT2D eigenvalue weighted by molar-refractivity contribution is 6.34. The largest absolute Gasteiger partial charge is 0.444 e. The van der Waals surface area contributed by atoms with Gasteiger partial charge in [0.2, 0.25) is 5.91 Å². The number of anilines is 1. The Morgan fingerprint density at radius 1 is 0.949 bits per heavy atom. The molecule has 0 fully saturated rings. The Morgan fingerprint density at radius 2 is 1.59 bits per heavy atom. The van der Waals surface area contributed by atoms with Crippen LogP contribution >= 0.6 is 11.6 Å². The van der Waals surface area contributed by atoms with Gasteiger partial charge in [-0.15, -0.1) is 0 Å². The van der Waals surface area contributed by atoms with Crippen molar-refractivity contribution in [3.8, 4) is 0 Å². The fraction of sp³-hybridized carbons (Fsp3) is 0.516. The number of hydrogen-bond donors (Lipinski definition) is 2. The number of nitrogens with zero attached hydrogens (tertiary/aromatic N) is 1. The lowest BCUT2D eigenvalue weighted by molar-refractivity contribution is -0.140. The summed E-state index contributed by atoms with van der Waals surface area (Å²) in [4.78, 5) is 42.0. The normalized spacial score (nSPS) is 12.8. The van der Waals surface area contributed by atoms with Crippen molar-refractivity contribution in [3.05, 3.63) is 64.2 Å². The van der Waals surface area contributed by atoms with Gasteiger partial charge >= 0.3 is 6.09 Å². The van der Waals surface area contributed by atoms with Gasteiger partial charge in [-0.1, -0.05) is 80.6 Å². The Morgan fingerprint density at radius 3 is 2.21 bits per heavy atom. The van der Waals surface area contributed by atoms with Gasteiger partial charge in [-0.2, -0.15) is 0 Å². The topological polar surface area (TPSA) is 87.7 Å². The first-order chi connectivity index (χ1) is 18.4. The smallest absolute Gasteiger partial charge is 0.408 e. The number of nitrogens with one attached hydrogen (secondary N) is 2. The molecule has 0 aliphatic carbocycles. The summed E-state index contributed by atoms with van der Waals surface area (Å²) in [6.07, 6.45) is 4.23. The maximum absolute atomic E-state index is 14.0. The highest BCUT2D eigenvalue weighted by Gasteiger charge is 2.35. The molecule has 0 bridgehead atoms. The third-order valence-corrected chi connectivity index (χ3v) is 6.72. The van der Waals surface area contributed by atoms with Crippen LogP contribution in [0.25, 0.3) is 0 Å². The Kier molecular flexibility index (Phi) is 12.3. The van der Waals surface area contributed by atoms with E-state index in [2.05, 4.69) is 17.6 Å². The number of carbonyl (C=O) groups excluding carboxylic acids is 3. The van der Waals surface area contributed by atoms with Crippen LogP contribution in [0.1, 0.15) is 89.5 Å². The van der Waals surface area contributed by atoms with Crippen molar-refractivity contribution < 1.29 is 19.1 Å². The van der Waals surface area contributed by atoms with Crippen LogP contribution < -0.4 is 10.6 Å². The van der Waals surface area contributed by atoms with E-state index in [0.29, 0.717) is 22.8 Å². The number of unbranched alkanes of at least 4 members (excludes halogenated alkanes) is 4. The van der Waals surface area contributed by atoms with Crippen LogP contribution in [0.4, 0.5) is 10.5 Å². The highest BCUT2D eigenvalue weighted by Crippen LogP contribution is 2.31. The summed E-state index contributed by atoms with van der Waals surface area (Å²) in [5.74, 6) is -0.734. The highest BCUT2D eigenvalue weighted by atomic mass is 35.5. The van der Waals surface area contributed by atoms with Gasteiger partial charge in [0.05, 0.1) is 10.7 Å². The molecule has 214 valence electrons. The molecule has 0 heterocycles. The maximum atomic E-state index is 14.0. The number of rotatable bonds is 12. The van der Waals surface area contributed by atoms with E-state index in [0.717, 1.165) is 43.2 Å². The fourth-order valence-corrected chi connectivity index (χ4v) is 4.64. The zero-order valence-corrected chi connectivity index (χ0v) is 25.2. The Labute approximate surface area is 238 Å². The number of benzene rings is 2. The molecule has 2 aromatic carbocycles.